The Balaban J connectivity index is 1.82. The molecule has 246 valence electrons. The van der Waals surface area contributed by atoms with Gasteiger partial charge in [0.15, 0.2) is 12.1 Å². The van der Waals surface area contributed by atoms with Crippen molar-refractivity contribution in [1.82, 2.24) is 15.5 Å². The van der Waals surface area contributed by atoms with Crippen LogP contribution in [0.4, 0.5) is 0 Å². The fourth-order valence-electron chi connectivity index (χ4n) is 5.07. The van der Waals surface area contributed by atoms with Gasteiger partial charge >= 0.3 is 0 Å². The predicted octanol–water partition coefficient (Wildman–Crippen LogP) is -3.78. The lowest BCUT2D eigenvalue weighted by atomic mass is 9.93. The van der Waals surface area contributed by atoms with Crippen molar-refractivity contribution in [2.45, 2.75) is 107 Å². The second-order valence-electron chi connectivity index (χ2n) is 11.1. The number of ketones is 1. The first-order chi connectivity index (χ1) is 20.0. The minimum absolute atomic E-state index is 0.00390. The van der Waals surface area contributed by atoms with Crippen LogP contribution in [0.5, 0.6) is 0 Å². The molecule has 2 fully saturated rings. The first-order valence-electron chi connectivity index (χ1n) is 14.8. The third kappa shape index (κ3) is 11.6. The normalized spacial score (nSPS) is 33.6. The number of unbranched alkanes of at least 4 members (excludes halogenated alkanes) is 2. The molecule has 2 aliphatic heterocycles. The van der Waals surface area contributed by atoms with E-state index in [1.54, 1.807) is 14.0 Å². The SMILES string of the molecule is CNCC(=O)CNC(=O)CCCCCN(CCC[C@@H]1O[C@@H](C)[C@@H](O)[C@@H](O)[C@@H]1O)CCO[C@@H]1O[C@H](CO)[C@@H](O)[C@H](O)[C@H]1O. The number of aliphatic hydroxyl groups is 7. The van der Waals surface area contributed by atoms with E-state index in [0.29, 0.717) is 45.3 Å². The van der Waals surface area contributed by atoms with Crippen LogP contribution < -0.4 is 10.6 Å². The number of rotatable bonds is 19. The van der Waals surface area contributed by atoms with E-state index in [-0.39, 0.29) is 31.4 Å². The third-order valence-electron chi connectivity index (χ3n) is 7.69. The zero-order valence-corrected chi connectivity index (χ0v) is 24.6. The topological polar surface area (TPSA) is 231 Å². The lowest BCUT2D eigenvalue weighted by Crippen LogP contribution is -2.59. The van der Waals surface area contributed by atoms with Crippen LogP contribution in [0.3, 0.4) is 0 Å². The van der Waals surface area contributed by atoms with Gasteiger partial charge in [-0.3, -0.25) is 9.59 Å². The van der Waals surface area contributed by atoms with Gasteiger partial charge in [-0.2, -0.15) is 0 Å². The van der Waals surface area contributed by atoms with Crippen molar-refractivity contribution in [2.24, 2.45) is 0 Å². The van der Waals surface area contributed by atoms with Crippen LogP contribution >= 0.6 is 0 Å². The van der Waals surface area contributed by atoms with Crippen molar-refractivity contribution in [3.63, 3.8) is 0 Å². The second-order valence-corrected chi connectivity index (χ2v) is 11.1. The van der Waals surface area contributed by atoms with Crippen LogP contribution in [0.25, 0.3) is 0 Å². The van der Waals surface area contributed by atoms with Crippen LogP contribution in [0.1, 0.15) is 45.4 Å². The molecule has 0 saturated carbocycles. The molecule has 2 saturated heterocycles. The molecular formula is C27H51N3O12. The Bertz CT molecular complexity index is 793. The largest absolute Gasteiger partial charge is 0.394 e. The fourth-order valence-corrected chi connectivity index (χ4v) is 5.07. The summed E-state index contributed by atoms with van der Waals surface area (Å²) in [6.45, 7) is 3.01. The Morgan fingerprint density at radius 3 is 2.14 bits per heavy atom. The zero-order chi connectivity index (χ0) is 31.2. The summed E-state index contributed by atoms with van der Waals surface area (Å²) in [5, 5.41) is 75.2. The van der Waals surface area contributed by atoms with Crippen molar-refractivity contribution in [3.8, 4) is 0 Å². The van der Waals surface area contributed by atoms with Crippen LogP contribution in [-0.4, -0.2) is 167 Å². The molecule has 10 atom stereocenters. The van der Waals surface area contributed by atoms with Gasteiger partial charge in [-0.1, -0.05) is 6.42 Å². The molecule has 42 heavy (non-hydrogen) atoms. The van der Waals surface area contributed by atoms with Crippen molar-refractivity contribution in [1.29, 1.82) is 0 Å². The second kappa shape index (κ2) is 19.1. The first-order valence-corrected chi connectivity index (χ1v) is 14.8. The molecule has 0 aromatic carbocycles. The molecule has 1 amide bonds. The van der Waals surface area contributed by atoms with Crippen LogP contribution in [0.15, 0.2) is 0 Å². The lowest BCUT2D eigenvalue weighted by molar-refractivity contribution is -0.301. The molecule has 0 unspecified atom stereocenters. The summed E-state index contributed by atoms with van der Waals surface area (Å²) in [6, 6.07) is 0. The number of ether oxygens (including phenoxy) is 3. The standard InChI is InChI=1S/C27H51N3O12/c1-16-21(34)24(37)22(35)18(41-16)7-6-10-30(9-5-3-4-8-20(33)29-14-17(32)13-28-2)11-12-40-27-26(39)25(38)23(36)19(15-31)42-27/h16,18-19,21-28,31,34-39H,3-15H2,1-2H3,(H,29,33)/t16-,18-,19+,21+,22+,23+,24+,25-,26+,27+/m0/s1. The van der Waals surface area contributed by atoms with Crippen molar-refractivity contribution in [3.05, 3.63) is 0 Å². The molecular weight excluding hydrogens is 558 g/mol. The molecule has 0 aromatic rings. The molecule has 2 rings (SSSR count). The van der Waals surface area contributed by atoms with E-state index in [4.69, 9.17) is 14.2 Å². The van der Waals surface area contributed by atoms with Crippen LogP contribution in [0.2, 0.25) is 0 Å². The summed E-state index contributed by atoms with van der Waals surface area (Å²) in [7, 11) is 1.66. The zero-order valence-electron chi connectivity index (χ0n) is 24.6. The molecule has 15 heteroatoms. The smallest absolute Gasteiger partial charge is 0.220 e. The predicted molar refractivity (Wildman–Crippen MR) is 148 cm³/mol. The van der Waals surface area contributed by atoms with Gasteiger partial charge in [0.05, 0.1) is 38.5 Å². The fraction of sp³-hybridized carbons (Fsp3) is 0.926. The Labute approximate surface area is 246 Å². The van der Waals surface area contributed by atoms with Gasteiger partial charge in [0.1, 0.15) is 42.7 Å². The quantitative estimate of drug-likeness (QED) is 0.0640. The van der Waals surface area contributed by atoms with Gasteiger partial charge < -0.3 is 65.5 Å². The number of aliphatic hydroxyl groups excluding tert-OH is 7. The number of hydrogen-bond acceptors (Lipinski definition) is 14. The van der Waals surface area contributed by atoms with E-state index in [1.807, 2.05) is 0 Å². The molecule has 0 radical (unpaired) electrons. The highest BCUT2D eigenvalue weighted by molar-refractivity contribution is 5.87. The monoisotopic (exact) mass is 609 g/mol. The summed E-state index contributed by atoms with van der Waals surface area (Å²) in [6.07, 6.45) is -8.23. The highest BCUT2D eigenvalue weighted by atomic mass is 16.7. The van der Waals surface area contributed by atoms with E-state index in [1.165, 1.54) is 0 Å². The number of nitrogens with zero attached hydrogens (tertiary/aromatic N) is 1. The number of hydrogen-bond donors (Lipinski definition) is 9. The van der Waals surface area contributed by atoms with E-state index in [9.17, 15) is 45.3 Å². The summed E-state index contributed by atoms with van der Waals surface area (Å²) in [5.74, 6) is -0.282. The number of Topliss-reactive ketones (excluding diaryl/α,β-unsaturated/α-hetero) is 1. The summed E-state index contributed by atoms with van der Waals surface area (Å²) < 4.78 is 16.7. The maximum absolute atomic E-state index is 12.0. The highest BCUT2D eigenvalue weighted by Gasteiger charge is 2.44. The number of carbonyl (C=O) groups is 2. The molecule has 2 aliphatic rings. The minimum Gasteiger partial charge on any atom is -0.394 e. The number of likely N-dealkylation sites (N-methyl/N-ethyl adjacent to an activating group) is 1. The minimum atomic E-state index is -1.53. The van der Waals surface area contributed by atoms with E-state index >= 15 is 0 Å². The molecule has 0 aliphatic carbocycles. The third-order valence-corrected chi connectivity index (χ3v) is 7.69. The van der Waals surface area contributed by atoms with Gasteiger partial charge in [0, 0.05) is 13.0 Å². The van der Waals surface area contributed by atoms with Gasteiger partial charge in [0.2, 0.25) is 5.91 Å². The summed E-state index contributed by atoms with van der Waals surface area (Å²) in [5.41, 5.74) is 0. The Morgan fingerprint density at radius 1 is 0.786 bits per heavy atom. The van der Waals surface area contributed by atoms with Gasteiger partial charge in [-0.25, -0.2) is 0 Å². The van der Waals surface area contributed by atoms with Crippen LogP contribution in [-0.2, 0) is 23.8 Å². The number of nitrogens with one attached hydrogen (secondary N) is 2. The molecule has 15 nitrogen and oxygen atoms in total. The molecule has 0 spiro atoms. The Kier molecular flexibility index (Phi) is 16.8. The van der Waals surface area contributed by atoms with E-state index < -0.39 is 67.8 Å². The number of carbonyl (C=O) groups excluding carboxylic acids is 2. The molecule has 0 aromatic heterocycles. The first kappa shape index (κ1) is 36.8. The Hall–Kier alpha value is -1.34. The molecule has 0 bridgehead atoms. The molecule has 2 heterocycles. The Morgan fingerprint density at radius 2 is 1.45 bits per heavy atom. The van der Waals surface area contributed by atoms with Crippen molar-refractivity contribution >= 4 is 11.7 Å². The maximum atomic E-state index is 12.0. The van der Waals surface area contributed by atoms with Crippen molar-refractivity contribution < 1.29 is 59.5 Å². The molecule has 9 N–H and O–H groups in total. The van der Waals surface area contributed by atoms with Crippen molar-refractivity contribution in [2.75, 3.05) is 53.0 Å². The summed E-state index contributed by atoms with van der Waals surface area (Å²) in [4.78, 5) is 25.6. The maximum Gasteiger partial charge on any atom is 0.220 e. The lowest BCUT2D eigenvalue weighted by Gasteiger charge is -2.40. The number of amides is 1. The average Bonchev–Trinajstić information content (AvgIpc) is 2.97. The summed E-state index contributed by atoms with van der Waals surface area (Å²) >= 11 is 0. The van der Waals surface area contributed by atoms with E-state index in [0.717, 1.165) is 12.8 Å². The highest BCUT2D eigenvalue weighted by Crippen LogP contribution is 2.24. The van der Waals surface area contributed by atoms with Gasteiger partial charge in [0.25, 0.3) is 0 Å². The van der Waals surface area contributed by atoms with Gasteiger partial charge in [-0.15, -0.1) is 0 Å². The van der Waals surface area contributed by atoms with Gasteiger partial charge in [-0.05, 0) is 52.7 Å². The van der Waals surface area contributed by atoms with Crippen LogP contribution in [0, 0.1) is 0 Å². The van der Waals surface area contributed by atoms with E-state index in [2.05, 4.69) is 15.5 Å². The average molecular weight is 610 g/mol.